The second kappa shape index (κ2) is 9.02. The van der Waals surface area contributed by atoms with Gasteiger partial charge in [-0.15, -0.1) is 0 Å². The number of ether oxygens (including phenoxy) is 1. The lowest BCUT2D eigenvalue weighted by molar-refractivity contribution is 0.0162. The average Bonchev–Trinajstić information content (AvgIpc) is 2.66. The van der Waals surface area contributed by atoms with Crippen molar-refractivity contribution in [2.75, 3.05) is 32.8 Å². The minimum Gasteiger partial charge on any atom is -0.379 e. The summed E-state index contributed by atoms with van der Waals surface area (Å²) in [6.07, 6.45) is 0. The number of amides is 1. The van der Waals surface area contributed by atoms with Crippen LogP contribution >= 0.6 is 34.8 Å². The summed E-state index contributed by atoms with van der Waals surface area (Å²) < 4.78 is 5.44. The normalized spacial score (nSPS) is 16.3. The number of hydrogen-bond donors (Lipinski definition) is 1. The van der Waals surface area contributed by atoms with Gasteiger partial charge in [0.1, 0.15) is 10.8 Å². The summed E-state index contributed by atoms with van der Waals surface area (Å²) in [7, 11) is 0. The molecule has 26 heavy (non-hydrogen) atoms. The number of benzene rings is 1. The van der Waals surface area contributed by atoms with Crippen molar-refractivity contribution < 1.29 is 9.53 Å². The molecule has 0 radical (unpaired) electrons. The Kier molecular flexibility index (Phi) is 6.73. The topological polar surface area (TPSA) is 54.5 Å². The smallest absolute Gasteiger partial charge is 0.271 e. The van der Waals surface area contributed by atoms with Gasteiger partial charge in [-0.2, -0.15) is 0 Å². The Morgan fingerprint density at radius 1 is 1.12 bits per heavy atom. The van der Waals surface area contributed by atoms with Crippen LogP contribution in [-0.4, -0.2) is 48.6 Å². The first-order chi connectivity index (χ1) is 12.6. The molecule has 2 heterocycles. The fourth-order valence-corrected chi connectivity index (χ4v) is 3.52. The monoisotopic (exact) mass is 413 g/mol. The van der Waals surface area contributed by atoms with E-state index in [-0.39, 0.29) is 27.8 Å². The Balaban J connectivity index is 1.78. The Labute approximate surface area is 167 Å². The Morgan fingerprint density at radius 3 is 2.58 bits per heavy atom. The van der Waals surface area contributed by atoms with E-state index in [9.17, 15) is 4.79 Å². The molecule has 1 aliphatic rings. The summed E-state index contributed by atoms with van der Waals surface area (Å²) in [4.78, 5) is 18.8. The van der Waals surface area contributed by atoms with Crippen molar-refractivity contribution in [1.82, 2.24) is 15.2 Å². The van der Waals surface area contributed by atoms with E-state index in [0.29, 0.717) is 24.8 Å². The van der Waals surface area contributed by atoms with Crippen molar-refractivity contribution in [2.24, 2.45) is 0 Å². The molecule has 1 aromatic carbocycles. The second-order valence-electron chi connectivity index (χ2n) is 5.86. The van der Waals surface area contributed by atoms with E-state index < -0.39 is 0 Å². The number of rotatable bonds is 5. The number of carbonyl (C=O) groups excluding carboxylic acids is 1. The van der Waals surface area contributed by atoms with Crippen LogP contribution in [0, 0.1) is 0 Å². The van der Waals surface area contributed by atoms with Crippen LogP contribution in [0.25, 0.3) is 0 Å². The Morgan fingerprint density at radius 2 is 1.85 bits per heavy atom. The Hall–Kier alpha value is -1.37. The van der Waals surface area contributed by atoms with Crippen LogP contribution in [0.1, 0.15) is 22.1 Å². The maximum absolute atomic E-state index is 12.5. The van der Waals surface area contributed by atoms with Gasteiger partial charge >= 0.3 is 0 Å². The molecule has 8 heteroatoms. The Bertz CT molecular complexity index is 782. The van der Waals surface area contributed by atoms with E-state index in [1.807, 2.05) is 24.3 Å². The van der Waals surface area contributed by atoms with Crippen molar-refractivity contribution >= 4 is 40.7 Å². The highest BCUT2D eigenvalue weighted by Gasteiger charge is 2.25. The van der Waals surface area contributed by atoms with Crippen molar-refractivity contribution in [1.29, 1.82) is 0 Å². The summed E-state index contributed by atoms with van der Waals surface area (Å²) in [5.41, 5.74) is 1.07. The van der Waals surface area contributed by atoms with Gasteiger partial charge in [0.2, 0.25) is 0 Å². The number of nitrogens with one attached hydrogen (secondary N) is 1. The van der Waals surface area contributed by atoms with Gasteiger partial charge in [-0.05, 0) is 23.8 Å². The summed E-state index contributed by atoms with van der Waals surface area (Å²) in [5, 5.41) is 4.04. The van der Waals surface area contributed by atoms with Gasteiger partial charge in [0.05, 0.1) is 24.3 Å². The molecule has 1 aromatic heterocycles. The maximum Gasteiger partial charge on any atom is 0.271 e. The van der Waals surface area contributed by atoms with Gasteiger partial charge in [0, 0.05) is 24.7 Å². The molecule has 1 fully saturated rings. The predicted octanol–water partition coefficient (Wildman–Crippen LogP) is 3.85. The lowest BCUT2D eigenvalue weighted by atomic mass is 10.0. The van der Waals surface area contributed by atoms with Crippen LogP contribution in [-0.2, 0) is 4.74 Å². The molecule has 0 saturated carbocycles. The number of morpholine rings is 1. The van der Waals surface area contributed by atoms with E-state index in [0.717, 1.165) is 18.7 Å². The third-order valence-electron chi connectivity index (χ3n) is 4.23. The average molecular weight is 415 g/mol. The van der Waals surface area contributed by atoms with Crippen molar-refractivity contribution in [3.05, 3.63) is 62.9 Å². The minimum absolute atomic E-state index is 0.0745. The standard InChI is InChI=1S/C18H18Cl3N3O2/c19-13-4-2-1-3-12(13)15(24-7-9-26-10-8-24)11-22-18(25)17-14(20)5-6-16(21)23-17/h1-6,15H,7-11H2,(H,22,25). The van der Waals surface area contributed by atoms with Crippen molar-refractivity contribution in [2.45, 2.75) is 6.04 Å². The largest absolute Gasteiger partial charge is 0.379 e. The fourth-order valence-electron chi connectivity index (χ4n) is 2.92. The van der Waals surface area contributed by atoms with Crippen molar-refractivity contribution in [3.8, 4) is 0 Å². The molecule has 0 aliphatic carbocycles. The first-order valence-electron chi connectivity index (χ1n) is 8.22. The molecule has 1 aliphatic heterocycles. The van der Waals surface area contributed by atoms with Gasteiger partial charge < -0.3 is 10.1 Å². The second-order valence-corrected chi connectivity index (χ2v) is 7.06. The van der Waals surface area contributed by atoms with Crippen LogP contribution in [0.15, 0.2) is 36.4 Å². The number of carbonyl (C=O) groups is 1. The van der Waals surface area contributed by atoms with E-state index in [1.54, 1.807) is 12.1 Å². The summed E-state index contributed by atoms with van der Waals surface area (Å²) >= 11 is 18.3. The van der Waals surface area contributed by atoms with Gasteiger partial charge in [-0.1, -0.05) is 53.0 Å². The lowest BCUT2D eigenvalue weighted by Crippen LogP contribution is -2.44. The quantitative estimate of drug-likeness (QED) is 0.755. The number of nitrogens with zero attached hydrogens (tertiary/aromatic N) is 2. The summed E-state index contributed by atoms with van der Waals surface area (Å²) in [6.45, 7) is 3.20. The molecule has 5 nitrogen and oxygen atoms in total. The molecule has 1 saturated heterocycles. The van der Waals surface area contributed by atoms with Gasteiger partial charge in [-0.3, -0.25) is 9.69 Å². The molecule has 1 atom stereocenters. The van der Waals surface area contributed by atoms with Crippen LogP contribution in [0.4, 0.5) is 0 Å². The molecular formula is C18H18Cl3N3O2. The zero-order valence-electron chi connectivity index (χ0n) is 13.9. The number of pyridine rings is 1. The van der Waals surface area contributed by atoms with Gasteiger partial charge in [-0.25, -0.2) is 4.98 Å². The molecule has 3 rings (SSSR count). The van der Waals surface area contributed by atoms with E-state index in [1.165, 1.54) is 0 Å². The first kappa shape index (κ1) is 19.4. The third-order valence-corrected chi connectivity index (χ3v) is 5.09. The molecule has 1 amide bonds. The maximum atomic E-state index is 12.5. The molecule has 1 unspecified atom stereocenters. The highest BCUT2D eigenvalue weighted by molar-refractivity contribution is 6.34. The predicted molar refractivity (Wildman–Crippen MR) is 103 cm³/mol. The van der Waals surface area contributed by atoms with Crippen LogP contribution in [0.3, 0.4) is 0 Å². The van der Waals surface area contributed by atoms with Crippen LogP contribution < -0.4 is 5.32 Å². The summed E-state index contributed by atoms with van der Waals surface area (Å²) in [6, 6.07) is 10.7. The van der Waals surface area contributed by atoms with E-state index in [4.69, 9.17) is 39.5 Å². The van der Waals surface area contributed by atoms with Gasteiger partial charge in [0.25, 0.3) is 5.91 Å². The SMILES string of the molecule is O=C(NCC(c1ccccc1Cl)N1CCOCC1)c1nc(Cl)ccc1Cl. The minimum atomic E-state index is -0.372. The fraction of sp³-hybridized carbons (Fsp3) is 0.333. The zero-order chi connectivity index (χ0) is 18.5. The molecule has 138 valence electrons. The van der Waals surface area contributed by atoms with E-state index in [2.05, 4.69) is 15.2 Å². The molecular weight excluding hydrogens is 397 g/mol. The summed E-state index contributed by atoms with van der Waals surface area (Å²) in [5.74, 6) is -0.372. The molecule has 0 spiro atoms. The highest BCUT2D eigenvalue weighted by Crippen LogP contribution is 2.28. The third kappa shape index (κ3) is 4.67. The van der Waals surface area contributed by atoms with Crippen LogP contribution in [0.2, 0.25) is 15.2 Å². The van der Waals surface area contributed by atoms with Crippen LogP contribution in [0.5, 0.6) is 0 Å². The molecule has 1 N–H and O–H groups in total. The lowest BCUT2D eigenvalue weighted by Gasteiger charge is -2.35. The number of aromatic nitrogens is 1. The molecule has 0 bridgehead atoms. The number of halogens is 3. The van der Waals surface area contributed by atoms with Crippen molar-refractivity contribution in [3.63, 3.8) is 0 Å². The zero-order valence-corrected chi connectivity index (χ0v) is 16.2. The molecule has 2 aromatic rings. The first-order valence-corrected chi connectivity index (χ1v) is 9.36. The highest BCUT2D eigenvalue weighted by atomic mass is 35.5. The van der Waals surface area contributed by atoms with E-state index >= 15 is 0 Å². The van der Waals surface area contributed by atoms with Gasteiger partial charge in [0.15, 0.2) is 0 Å². The number of hydrogen-bond acceptors (Lipinski definition) is 4.